The van der Waals surface area contributed by atoms with Crippen LogP contribution in [0.4, 0.5) is 4.79 Å². The number of halogens is 1. The van der Waals surface area contributed by atoms with E-state index in [2.05, 4.69) is 10.3 Å². The van der Waals surface area contributed by atoms with Gasteiger partial charge in [0, 0.05) is 18.8 Å². The van der Waals surface area contributed by atoms with E-state index in [0.717, 1.165) is 5.69 Å². The number of hydrogen-bond donors (Lipinski definition) is 2. The van der Waals surface area contributed by atoms with Crippen molar-refractivity contribution in [2.75, 3.05) is 6.54 Å². The molecule has 0 saturated carbocycles. The SMILES string of the molecule is CC(O)CN(C(=O)NCc1ccc(Cl)cn1)C(C)C. The molecule has 0 aromatic carbocycles. The average Bonchev–Trinajstić information content (AvgIpc) is 2.34. The third kappa shape index (κ3) is 5.44. The Bertz CT molecular complexity index is 407. The van der Waals surface area contributed by atoms with Crippen molar-refractivity contribution in [1.82, 2.24) is 15.2 Å². The zero-order chi connectivity index (χ0) is 14.4. The fourth-order valence-electron chi connectivity index (χ4n) is 1.59. The Labute approximate surface area is 118 Å². The monoisotopic (exact) mass is 285 g/mol. The normalized spacial score (nSPS) is 12.3. The molecular formula is C13H20ClN3O2. The van der Waals surface area contributed by atoms with Crippen molar-refractivity contribution in [3.05, 3.63) is 29.0 Å². The molecule has 0 fully saturated rings. The van der Waals surface area contributed by atoms with Gasteiger partial charge >= 0.3 is 6.03 Å². The lowest BCUT2D eigenvalue weighted by Gasteiger charge is -2.28. The number of pyridine rings is 1. The van der Waals surface area contributed by atoms with E-state index in [9.17, 15) is 9.90 Å². The van der Waals surface area contributed by atoms with Gasteiger partial charge in [0.05, 0.1) is 23.4 Å². The summed E-state index contributed by atoms with van der Waals surface area (Å²) in [5, 5.41) is 12.7. The van der Waals surface area contributed by atoms with Crippen LogP contribution in [-0.2, 0) is 6.54 Å². The first-order chi connectivity index (χ1) is 8.90. The summed E-state index contributed by atoms with van der Waals surface area (Å²) >= 11 is 5.74. The predicted octanol–water partition coefficient (Wildman–Crippen LogP) is 2.04. The molecule has 1 unspecified atom stereocenters. The van der Waals surface area contributed by atoms with Crippen LogP contribution in [-0.4, -0.2) is 39.7 Å². The molecule has 1 atom stereocenters. The van der Waals surface area contributed by atoms with Crippen molar-refractivity contribution in [2.45, 2.75) is 39.5 Å². The van der Waals surface area contributed by atoms with Crippen LogP contribution in [0.3, 0.4) is 0 Å². The van der Waals surface area contributed by atoms with Gasteiger partial charge in [0.2, 0.25) is 0 Å². The molecule has 19 heavy (non-hydrogen) atoms. The number of aliphatic hydroxyl groups is 1. The number of carbonyl (C=O) groups excluding carboxylic acids is 1. The summed E-state index contributed by atoms with van der Waals surface area (Å²) in [7, 11) is 0. The molecule has 0 aliphatic heterocycles. The Balaban J connectivity index is 2.54. The van der Waals surface area contributed by atoms with Gasteiger partial charge in [-0.3, -0.25) is 4.98 Å². The fraction of sp³-hybridized carbons (Fsp3) is 0.538. The van der Waals surface area contributed by atoms with Crippen molar-refractivity contribution >= 4 is 17.6 Å². The quantitative estimate of drug-likeness (QED) is 0.870. The number of aromatic nitrogens is 1. The van der Waals surface area contributed by atoms with Crippen LogP contribution < -0.4 is 5.32 Å². The molecule has 0 radical (unpaired) electrons. The van der Waals surface area contributed by atoms with Gasteiger partial charge in [0.15, 0.2) is 0 Å². The highest BCUT2D eigenvalue weighted by atomic mass is 35.5. The largest absolute Gasteiger partial charge is 0.392 e. The Kier molecular flexibility index (Phi) is 6.05. The molecule has 0 bridgehead atoms. The predicted molar refractivity (Wildman–Crippen MR) is 75.0 cm³/mol. The molecule has 2 N–H and O–H groups in total. The minimum atomic E-state index is -0.554. The van der Waals surface area contributed by atoms with Crippen LogP contribution in [0.2, 0.25) is 5.02 Å². The van der Waals surface area contributed by atoms with Crippen LogP contribution >= 0.6 is 11.6 Å². The van der Waals surface area contributed by atoms with Crippen LogP contribution in [0.15, 0.2) is 18.3 Å². The third-order valence-corrected chi connectivity index (χ3v) is 2.78. The summed E-state index contributed by atoms with van der Waals surface area (Å²) in [5.74, 6) is 0. The van der Waals surface area contributed by atoms with Crippen LogP contribution in [0, 0.1) is 0 Å². The molecule has 0 spiro atoms. The Hall–Kier alpha value is -1.33. The van der Waals surface area contributed by atoms with Gasteiger partial charge < -0.3 is 15.3 Å². The van der Waals surface area contributed by atoms with E-state index in [1.54, 1.807) is 30.2 Å². The van der Waals surface area contributed by atoms with Gasteiger partial charge in [-0.15, -0.1) is 0 Å². The number of carbonyl (C=O) groups is 1. The number of nitrogens with zero attached hydrogens (tertiary/aromatic N) is 2. The van der Waals surface area contributed by atoms with Gasteiger partial charge in [-0.2, -0.15) is 0 Å². The summed E-state index contributed by atoms with van der Waals surface area (Å²) in [6.45, 7) is 6.10. The molecule has 0 aliphatic carbocycles. The smallest absolute Gasteiger partial charge is 0.318 e. The number of rotatable bonds is 5. The van der Waals surface area contributed by atoms with Crippen LogP contribution in [0.5, 0.6) is 0 Å². The van der Waals surface area contributed by atoms with E-state index in [0.29, 0.717) is 18.1 Å². The molecule has 0 saturated heterocycles. The highest BCUT2D eigenvalue weighted by Crippen LogP contribution is 2.06. The van der Waals surface area contributed by atoms with Gasteiger partial charge in [-0.05, 0) is 32.9 Å². The zero-order valence-corrected chi connectivity index (χ0v) is 12.2. The minimum Gasteiger partial charge on any atom is -0.392 e. The molecule has 2 amide bonds. The molecule has 1 aromatic heterocycles. The first-order valence-electron chi connectivity index (χ1n) is 6.23. The standard InChI is InChI=1S/C13H20ClN3O2/c1-9(2)17(8-10(3)18)13(19)16-7-12-5-4-11(14)6-15-12/h4-6,9-10,18H,7-8H2,1-3H3,(H,16,19). The first-order valence-corrected chi connectivity index (χ1v) is 6.61. The van der Waals surface area contributed by atoms with Gasteiger partial charge in [-0.25, -0.2) is 4.79 Å². The van der Waals surface area contributed by atoms with Gasteiger partial charge in [-0.1, -0.05) is 11.6 Å². The van der Waals surface area contributed by atoms with E-state index >= 15 is 0 Å². The molecule has 1 heterocycles. The average molecular weight is 286 g/mol. The van der Waals surface area contributed by atoms with Crippen LogP contribution in [0.1, 0.15) is 26.5 Å². The molecule has 1 rings (SSSR count). The van der Waals surface area contributed by atoms with Crippen molar-refractivity contribution < 1.29 is 9.90 Å². The lowest BCUT2D eigenvalue weighted by molar-refractivity contribution is 0.118. The van der Waals surface area contributed by atoms with Gasteiger partial charge in [0.1, 0.15) is 0 Å². The van der Waals surface area contributed by atoms with E-state index in [1.807, 2.05) is 13.8 Å². The van der Waals surface area contributed by atoms with E-state index in [-0.39, 0.29) is 12.1 Å². The maximum absolute atomic E-state index is 12.0. The molecule has 5 nitrogen and oxygen atoms in total. The van der Waals surface area contributed by atoms with E-state index < -0.39 is 6.10 Å². The second kappa shape index (κ2) is 7.31. The molecule has 0 aliphatic rings. The molecule has 1 aromatic rings. The number of amides is 2. The Morgan fingerprint density at radius 1 is 1.47 bits per heavy atom. The summed E-state index contributed by atoms with van der Waals surface area (Å²) in [6, 6.07) is 3.30. The summed E-state index contributed by atoms with van der Waals surface area (Å²) in [6.07, 6.45) is 0.987. The number of aliphatic hydroxyl groups excluding tert-OH is 1. The first kappa shape index (κ1) is 15.7. The van der Waals surface area contributed by atoms with Crippen molar-refractivity contribution in [3.63, 3.8) is 0 Å². The molecule has 6 heteroatoms. The Morgan fingerprint density at radius 3 is 2.63 bits per heavy atom. The number of urea groups is 1. The van der Waals surface area contributed by atoms with E-state index in [4.69, 9.17) is 11.6 Å². The van der Waals surface area contributed by atoms with Crippen LogP contribution in [0.25, 0.3) is 0 Å². The van der Waals surface area contributed by atoms with Crippen molar-refractivity contribution in [3.8, 4) is 0 Å². The van der Waals surface area contributed by atoms with Crippen molar-refractivity contribution in [2.24, 2.45) is 0 Å². The summed E-state index contributed by atoms with van der Waals surface area (Å²) in [5.41, 5.74) is 0.735. The lowest BCUT2D eigenvalue weighted by atomic mass is 10.3. The van der Waals surface area contributed by atoms with Gasteiger partial charge in [0.25, 0.3) is 0 Å². The molecule has 106 valence electrons. The van der Waals surface area contributed by atoms with Crippen molar-refractivity contribution in [1.29, 1.82) is 0 Å². The number of nitrogens with one attached hydrogen (secondary N) is 1. The maximum Gasteiger partial charge on any atom is 0.318 e. The second-order valence-electron chi connectivity index (χ2n) is 4.72. The Morgan fingerprint density at radius 2 is 2.16 bits per heavy atom. The highest BCUT2D eigenvalue weighted by molar-refractivity contribution is 6.30. The topological polar surface area (TPSA) is 65.5 Å². The lowest BCUT2D eigenvalue weighted by Crippen LogP contribution is -2.46. The molecular weight excluding hydrogens is 266 g/mol. The third-order valence-electron chi connectivity index (χ3n) is 2.55. The zero-order valence-electron chi connectivity index (χ0n) is 11.4. The highest BCUT2D eigenvalue weighted by Gasteiger charge is 2.18. The second-order valence-corrected chi connectivity index (χ2v) is 5.16. The fourth-order valence-corrected chi connectivity index (χ4v) is 1.70. The minimum absolute atomic E-state index is 0.0211. The number of hydrogen-bond acceptors (Lipinski definition) is 3. The van der Waals surface area contributed by atoms with E-state index in [1.165, 1.54) is 0 Å². The summed E-state index contributed by atoms with van der Waals surface area (Å²) < 4.78 is 0. The summed E-state index contributed by atoms with van der Waals surface area (Å²) in [4.78, 5) is 17.7. The maximum atomic E-state index is 12.0.